The van der Waals surface area contributed by atoms with E-state index in [0.717, 1.165) is 5.56 Å². The van der Waals surface area contributed by atoms with Crippen molar-refractivity contribution >= 4 is 29.3 Å². The van der Waals surface area contributed by atoms with Crippen molar-refractivity contribution in [1.82, 2.24) is 0 Å². The molecule has 2 N–H and O–H groups in total. The Bertz CT molecular complexity index is 418. The molecule has 2 rings (SSSR count). The van der Waals surface area contributed by atoms with Gasteiger partial charge < -0.3 is 5.73 Å². The van der Waals surface area contributed by atoms with Crippen LogP contribution in [-0.4, -0.2) is 23.3 Å². The maximum atomic E-state index is 11.7. The van der Waals surface area contributed by atoms with E-state index in [0.29, 0.717) is 23.7 Å². The molecular weight excluding hydrogens is 224 g/mol. The molecule has 2 amide bonds. The molecule has 0 radical (unpaired) electrons. The van der Waals surface area contributed by atoms with Gasteiger partial charge >= 0.3 is 0 Å². The van der Waals surface area contributed by atoms with Gasteiger partial charge in [0.2, 0.25) is 11.8 Å². The lowest BCUT2D eigenvalue weighted by atomic mass is 10.2. The van der Waals surface area contributed by atoms with Crippen molar-refractivity contribution in [1.29, 1.82) is 0 Å². The first-order chi connectivity index (χ1) is 7.72. The highest BCUT2D eigenvalue weighted by Crippen LogP contribution is 2.22. The first-order valence-electron chi connectivity index (χ1n) is 4.95. The second-order valence-electron chi connectivity index (χ2n) is 3.49. The van der Waals surface area contributed by atoms with Crippen LogP contribution in [0.2, 0.25) is 0 Å². The maximum absolute atomic E-state index is 11.7. The first kappa shape index (κ1) is 11.2. The number of carbonyl (C=O) groups is 2. The van der Waals surface area contributed by atoms with Crippen LogP contribution in [0.15, 0.2) is 24.3 Å². The standard InChI is InChI=1S/C11H12N2O2S/c12-5-8-2-1-3-9(4-8)13-10(14)6-16-7-11(13)15/h1-4H,5-7,12H2. The highest BCUT2D eigenvalue weighted by molar-refractivity contribution is 8.00. The molecule has 1 aromatic carbocycles. The van der Waals surface area contributed by atoms with E-state index in [1.54, 1.807) is 18.2 Å². The van der Waals surface area contributed by atoms with E-state index in [9.17, 15) is 9.59 Å². The number of thioether (sulfide) groups is 1. The molecule has 1 fully saturated rings. The fourth-order valence-electron chi connectivity index (χ4n) is 1.60. The zero-order valence-electron chi connectivity index (χ0n) is 8.68. The number of imide groups is 1. The molecule has 1 saturated heterocycles. The number of benzene rings is 1. The van der Waals surface area contributed by atoms with Gasteiger partial charge in [0.1, 0.15) is 0 Å². The fraction of sp³-hybridized carbons (Fsp3) is 0.273. The molecule has 0 saturated carbocycles. The van der Waals surface area contributed by atoms with E-state index >= 15 is 0 Å². The first-order valence-corrected chi connectivity index (χ1v) is 6.10. The van der Waals surface area contributed by atoms with Crippen molar-refractivity contribution in [3.8, 4) is 0 Å². The molecule has 0 unspecified atom stereocenters. The van der Waals surface area contributed by atoms with Crippen molar-refractivity contribution in [3.63, 3.8) is 0 Å². The van der Waals surface area contributed by atoms with Crippen LogP contribution in [-0.2, 0) is 16.1 Å². The second-order valence-corrected chi connectivity index (χ2v) is 4.48. The Kier molecular flexibility index (Phi) is 3.26. The fourth-order valence-corrected chi connectivity index (χ4v) is 2.31. The Hall–Kier alpha value is -1.33. The molecule has 0 aromatic heterocycles. The van der Waals surface area contributed by atoms with Crippen LogP contribution in [0.1, 0.15) is 5.56 Å². The number of amides is 2. The lowest BCUT2D eigenvalue weighted by molar-refractivity contribution is -0.124. The van der Waals surface area contributed by atoms with Gasteiger partial charge in [-0.05, 0) is 17.7 Å². The number of hydrogen-bond acceptors (Lipinski definition) is 4. The normalized spacial score (nSPS) is 16.7. The van der Waals surface area contributed by atoms with Gasteiger partial charge in [-0.2, -0.15) is 0 Å². The highest BCUT2D eigenvalue weighted by atomic mass is 32.2. The predicted octanol–water partition coefficient (Wildman–Crippen LogP) is 0.752. The van der Waals surface area contributed by atoms with Crippen LogP contribution in [0, 0.1) is 0 Å². The average molecular weight is 236 g/mol. The molecule has 1 heterocycles. The lowest BCUT2D eigenvalue weighted by Gasteiger charge is -2.24. The van der Waals surface area contributed by atoms with Crippen LogP contribution in [0.25, 0.3) is 0 Å². The number of nitrogens with zero attached hydrogens (tertiary/aromatic N) is 1. The largest absolute Gasteiger partial charge is 0.326 e. The Morgan fingerprint density at radius 1 is 1.25 bits per heavy atom. The summed E-state index contributed by atoms with van der Waals surface area (Å²) >= 11 is 1.35. The molecule has 1 aliphatic heterocycles. The third kappa shape index (κ3) is 2.10. The number of carbonyl (C=O) groups excluding carboxylic acids is 2. The molecule has 1 aliphatic rings. The predicted molar refractivity (Wildman–Crippen MR) is 64.2 cm³/mol. The number of rotatable bonds is 2. The second kappa shape index (κ2) is 4.67. The molecule has 0 atom stereocenters. The van der Waals surface area contributed by atoms with Gasteiger partial charge in [-0.3, -0.25) is 9.59 Å². The highest BCUT2D eigenvalue weighted by Gasteiger charge is 2.27. The van der Waals surface area contributed by atoms with Gasteiger partial charge in [-0.1, -0.05) is 12.1 Å². The van der Waals surface area contributed by atoms with Gasteiger partial charge in [-0.25, -0.2) is 4.90 Å². The van der Waals surface area contributed by atoms with Crippen LogP contribution in [0.4, 0.5) is 5.69 Å². The third-order valence-corrected chi connectivity index (χ3v) is 3.26. The molecule has 84 valence electrons. The zero-order chi connectivity index (χ0) is 11.5. The summed E-state index contributed by atoms with van der Waals surface area (Å²) in [4.78, 5) is 24.6. The molecular formula is C11H12N2O2S. The van der Waals surface area contributed by atoms with E-state index in [-0.39, 0.29) is 11.8 Å². The Morgan fingerprint density at radius 3 is 2.56 bits per heavy atom. The summed E-state index contributed by atoms with van der Waals surface area (Å²) in [5.41, 5.74) is 7.06. The topological polar surface area (TPSA) is 63.4 Å². The molecule has 1 aromatic rings. The summed E-state index contributed by atoms with van der Waals surface area (Å²) < 4.78 is 0. The van der Waals surface area contributed by atoms with Crippen LogP contribution in [0.5, 0.6) is 0 Å². The van der Waals surface area contributed by atoms with E-state index < -0.39 is 0 Å². The number of nitrogens with two attached hydrogens (primary N) is 1. The summed E-state index contributed by atoms with van der Waals surface area (Å²) in [6.45, 7) is 0.402. The molecule has 0 aliphatic carbocycles. The van der Waals surface area contributed by atoms with E-state index in [2.05, 4.69) is 0 Å². The third-order valence-electron chi connectivity index (χ3n) is 2.35. The van der Waals surface area contributed by atoms with Gasteiger partial charge in [0.05, 0.1) is 17.2 Å². The molecule has 16 heavy (non-hydrogen) atoms. The van der Waals surface area contributed by atoms with Crippen molar-refractivity contribution in [2.24, 2.45) is 5.73 Å². The molecule has 0 bridgehead atoms. The minimum Gasteiger partial charge on any atom is -0.326 e. The maximum Gasteiger partial charge on any atom is 0.243 e. The number of anilines is 1. The summed E-state index contributed by atoms with van der Waals surface area (Å²) in [6.07, 6.45) is 0. The SMILES string of the molecule is NCc1cccc(N2C(=O)CSCC2=O)c1. The Labute approximate surface area is 97.8 Å². The summed E-state index contributed by atoms with van der Waals surface area (Å²) in [7, 11) is 0. The lowest BCUT2D eigenvalue weighted by Crippen LogP contribution is -2.43. The summed E-state index contributed by atoms with van der Waals surface area (Å²) in [5, 5.41) is 0. The van der Waals surface area contributed by atoms with E-state index in [1.807, 2.05) is 6.07 Å². The van der Waals surface area contributed by atoms with Crippen LogP contribution in [0.3, 0.4) is 0 Å². The van der Waals surface area contributed by atoms with Crippen molar-refractivity contribution in [2.45, 2.75) is 6.54 Å². The summed E-state index contributed by atoms with van der Waals surface area (Å²) in [6, 6.07) is 7.22. The Balaban J connectivity index is 2.33. The average Bonchev–Trinajstić information content (AvgIpc) is 2.29. The quantitative estimate of drug-likeness (QED) is 0.770. The molecule has 5 heteroatoms. The van der Waals surface area contributed by atoms with Gasteiger partial charge in [0, 0.05) is 6.54 Å². The minimum absolute atomic E-state index is 0.157. The smallest absolute Gasteiger partial charge is 0.243 e. The minimum atomic E-state index is -0.157. The zero-order valence-corrected chi connectivity index (χ0v) is 9.50. The van der Waals surface area contributed by atoms with Crippen molar-refractivity contribution < 1.29 is 9.59 Å². The van der Waals surface area contributed by atoms with Crippen molar-refractivity contribution in [2.75, 3.05) is 16.4 Å². The number of hydrogen-bond donors (Lipinski definition) is 1. The molecule has 4 nitrogen and oxygen atoms in total. The van der Waals surface area contributed by atoms with Gasteiger partial charge in [0.15, 0.2) is 0 Å². The Morgan fingerprint density at radius 2 is 1.94 bits per heavy atom. The van der Waals surface area contributed by atoms with Crippen LogP contribution >= 0.6 is 11.8 Å². The van der Waals surface area contributed by atoms with Gasteiger partial charge in [0.25, 0.3) is 0 Å². The van der Waals surface area contributed by atoms with Crippen LogP contribution < -0.4 is 10.6 Å². The monoisotopic (exact) mass is 236 g/mol. The summed E-state index contributed by atoms with van der Waals surface area (Å²) in [5.74, 6) is 0.405. The van der Waals surface area contributed by atoms with E-state index in [4.69, 9.17) is 5.73 Å². The van der Waals surface area contributed by atoms with E-state index in [1.165, 1.54) is 16.7 Å². The molecule has 0 spiro atoms. The van der Waals surface area contributed by atoms with Crippen molar-refractivity contribution in [3.05, 3.63) is 29.8 Å². The van der Waals surface area contributed by atoms with Gasteiger partial charge in [-0.15, -0.1) is 11.8 Å².